The van der Waals surface area contributed by atoms with Gasteiger partial charge in [0.15, 0.2) is 0 Å². The number of benzene rings is 2. The van der Waals surface area contributed by atoms with E-state index in [4.69, 9.17) is 16.3 Å². The monoisotopic (exact) mass is 309 g/mol. The molecule has 2 aromatic carbocycles. The molecule has 0 amide bonds. The summed E-state index contributed by atoms with van der Waals surface area (Å²) in [6, 6.07) is 15.0. The number of nitrogens with zero attached hydrogens (tertiary/aromatic N) is 2. The minimum Gasteiger partial charge on any atom is -0.497 e. The third-order valence-electron chi connectivity index (χ3n) is 3.22. The summed E-state index contributed by atoms with van der Waals surface area (Å²) in [5.41, 5.74) is 2.89. The Hall–Kier alpha value is -2.77. The van der Waals surface area contributed by atoms with E-state index < -0.39 is 0 Å². The summed E-state index contributed by atoms with van der Waals surface area (Å²) in [5, 5.41) is 10.0. The van der Waals surface area contributed by atoms with Gasteiger partial charge >= 0.3 is 0 Å². The fourth-order valence-corrected chi connectivity index (χ4v) is 2.36. The van der Waals surface area contributed by atoms with E-state index in [2.05, 4.69) is 16.0 Å². The number of fused-ring (bicyclic) bond motifs is 1. The fourth-order valence-electron chi connectivity index (χ4n) is 2.16. The van der Waals surface area contributed by atoms with Crippen molar-refractivity contribution in [1.29, 1.82) is 5.26 Å². The number of methoxy groups -OCH3 is 1. The molecule has 1 aromatic heterocycles. The number of rotatable bonds is 3. The first-order chi connectivity index (χ1) is 10.7. The molecular formula is C17H12ClN3O. The molecule has 3 aromatic rings. The van der Waals surface area contributed by atoms with Gasteiger partial charge in [-0.1, -0.05) is 23.7 Å². The Balaban J connectivity index is 2.05. The van der Waals surface area contributed by atoms with E-state index in [0.29, 0.717) is 16.4 Å². The van der Waals surface area contributed by atoms with Gasteiger partial charge < -0.3 is 9.72 Å². The SMILES string of the molecule is COc1ccc2nc(/C(C#N)=C\c3cccc(Cl)c3)[nH]c2c1. The molecule has 0 fully saturated rings. The molecule has 1 N–H and O–H groups in total. The van der Waals surface area contributed by atoms with E-state index in [0.717, 1.165) is 22.3 Å². The number of aromatic amines is 1. The first-order valence-electron chi connectivity index (χ1n) is 6.61. The minimum atomic E-state index is 0.442. The van der Waals surface area contributed by atoms with Crippen LogP contribution in [0.25, 0.3) is 22.7 Å². The van der Waals surface area contributed by atoms with Crippen LogP contribution in [0.2, 0.25) is 5.02 Å². The van der Waals surface area contributed by atoms with Gasteiger partial charge in [-0.05, 0) is 35.9 Å². The third-order valence-corrected chi connectivity index (χ3v) is 3.46. The highest BCUT2D eigenvalue weighted by atomic mass is 35.5. The molecule has 0 radical (unpaired) electrons. The Bertz CT molecular complexity index is 906. The molecule has 0 saturated carbocycles. The van der Waals surface area contributed by atoms with E-state index in [-0.39, 0.29) is 0 Å². The van der Waals surface area contributed by atoms with Crippen LogP contribution in [0.5, 0.6) is 5.75 Å². The van der Waals surface area contributed by atoms with Crippen molar-refractivity contribution in [3.63, 3.8) is 0 Å². The summed E-state index contributed by atoms with van der Waals surface area (Å²) in [6.07, 6.45) is 1.75. The first-order valence-corrected chi connectivity index (χ1v) is 6.99. The Morgan fingerprint density at radius 3 is 2.91 bits per heavy atom. The molecular weight excluding hydrogens is 298 g/mol. The predicted octanol–water partition coefficient (Wildman–Crippen LogP) is 4.29. The van der Waals surface area contributed by atoms with Gasteiger partial charge in [-0.3, -0.25) is 0 Å². The summed E-state index contributed by atoms with van der Waals surface area (Å²) in [4.78, 5) is 7.58. The van der Waals surface area contributed by atoms with Gasteiger partial charge in [0.25, 0.3) is 0 Å². The van der Waals surface area contributed by atoms with Crippen molar-refractivity contribution in [2.75, 3.05) is 7.11 Å². The Morgan fingerprint density at radius 1 is 1.32 bits per heavy atom. The Labute approximate surface area is 132 Å². The number of aromatic nitrogens is 2. The van der Waals surface area contributed by atoms with Crippen molar-refractivity contribution in [1.82, 2.24) is 9.97 Å². The van der Waals surface area contributed by atoms with E-state index in [1.54, 1.807) is 25.3 Å². The summed E-state index contributed by atoms with van der Waals surface area (Å²) < 4.78 is 5.19. The van der Waals surface area contributed by atoms with Crippen LogP contribution in [-0.2, 0) is 0 Å². The highest BCUT2D eigenvalue weighted by molar-refractivity contribution is 6.30. The highest BCUT2D eigenvalue weighted by Gasteiger charge is 2.09. The van der Waals surface area contributed by atoms with Crippen molar-refractivity contribution < 1.29 is 4.74 Å². The number of nitrogens with one attached hydrogen (secondary N) is 1. The maximum absolute atomic E-state index is 9.40. The molecule has 108 valence electrons. The summed E-state index contributed by atoms with van der Waals surface area (Å²) in [7, 11) is 1.61. The smallest absolute Gasteiger partial charge is 0.149 e. The number of hydrogen-bond donors (Lipinski definition) is 1. The normalized spacial score (nSPS) is 11.4. The zero-order chi connectivity index (χ0) is 15.5. The van der Waals surface area contributed by atoms with Crippen LogP contribution in [0.4, 0.5) is 0 Å². The zero-order valence-corrected chi connectivity index (χ0v) is 12.6. The van der Waals surface area contributed by atoms with Crippen molar-refractivity contribution >= 4 is 34.3 Å². The van der Waals surface area contributed by atoms with E-state index in [1.165, 1.54) is 0 Å². The molecule has 5 heteroatoms. The predicted molar refractivity (Wildman–Crippen MR) is 87.6 cm³/mol. The van der Waals surface area contributed by atoms with Crippen molar-refractivity contribution in [2.45, 2.75) is 0 Å². The van der Waals surface area contributed by atoms with Crippen LogP contribution >= 0.6 is 11.6 Å². The Kier molecular flexibility index (Phi) is 3.82. The largest absolute Gasteiger partial charge is 0.497 e. The fraction of sp³-hybridized carbons (Fsp3) is 0.0588. The second kappa shape index (κ2) is 5.92. The van der Waals surface area contributed by atoms with Crippen LogP contribution in [0.1, 0.15) is 11.4 Å². The molecule has 0 aliphatic rings. The number of ether oxygens (including phenoxy) is 1. The van der Waals surface area contributed by atoms with Gasteiger partial charge in [0.05, 0.1) is 23.7 Å². The molecule has 0 saturated heterocycles. The van der Waals surface area contributed by atoms with Crippen LogP contribution in [0.15, 0.2) is 42.5 Å². The Morgan fingerprint density at radius 2 is 2.18 bits per heavy atom. The molecule has 0 aliphatic heterocycles. The molecule has 0 aliphatic carbocycles. The van der Waals surface area contributed by atoms with Crippen LogP contribution in [-0.4, -0.2) is 17.1 Å². The lowest BCUT2D eigenvalue weighted by Crippen LogP contribution is -1.85. The molecule has 0 atom stereocenters. The number of imidazole rings is 1. The topological polar surface area (TPSA) is 61.7 Å². The first kappa shape index (κ1) is 14.2. The average Bonchev–Trinajstić information content (AvgIpc) is 2.95. The number of nitriles is 1. The van der Waals surface area contributed by atoms with Gasteiger partial charge in [-0.25, -0.2) is 4.98 Å². The summed E-state index contributed by atoms with van der Waals surface area (Å²) in [5.74, 6) is 1.26. The van der Waals surface area contributed by atoms with E-state index in [9.17, 15) is 5.26 Å². The van der Waals surface area contributed by atoms with Gasteiger partial charge in [0.1, 0.15) is 17.6 Å². The third kappa shape index (κ3) is 2.80. The molecule has 22 heavy (non-hydrogen) atoms. The number of allylic oxidation sites excluding steroid dienone is 1. The molecule has 4 nitrogen and oxygen atoms in total. The second-order valence-electron chi connectivity index (χ2n) is 4.69. The standard InChI is InChI=1S/C17H12ClN3O/c1-22-14-5-6-15-16(9-14)21-17(20-15)12(10-19)7-11-3-2-4-13(18)8-11/h2-9H,1H3,(H,20,21)/b12-7-. The lowest BCUT2D eigenvalue weighted by atomic mass is 10.1. The maximum atomic E-state index is 9.40. The number of H-pyrrole nitrogens is 1. The van der Waals surface area contributed by atoms with E-state index >= 15 is 0 Å². The van der Waals surface area contributed by atoms with Crippen LogP contribution in [0.3, 0.4) is 0 Å². The zero-order valence-electron chi connectivity index (χ0n) is 11.8. The molecule has 3 rings (SSSR count). The molecule has 0 bridgehead atoms. The molecule has 0 spiro atoms. The summed E-state index contributed by atoms with van der Waals surface area (Å²) in [6.45, 7) is 0. The van der Waals surface area contributed by atoms with Crippen LogP contribution in [0, 0.1) is 11.3 Å². The quantitative estimate of drug-likeness (QED) is 0.734. The van der Waals surface area contributed by atoms with Crippen molar-refractivity contribution in [2.24, 2.45) is 0 Å². The average molecular weight is 310 g/mol. The lowest BCUT2D eigenvalue weighted by Gasteiger charge is -1.97. The number of hydrogen-bond acceptors (Lipinski definition) is 3. The lowest BCUT2D eigenvalue weighted by molar-refractivity contribution is 0.415. The minimum absolute atomic E-state index is 0.442. The summed E-state index contributed by atoms with van der Waals surface area (Å²) >= 11 is 5.97. The van der Waals surface area contributed by atoms with Crippen molar-refractivity contribution in [3.05, 3.63) is 58.9 Å². The second-order valence-corrected chi connectivity index (χ2v) is 5.13. The van der Waals surface area contributed by atoms with Crippen LogP contribution < -0.4 is 4.74 Å². The van der Waals surface area contributed by atoms with Gasteiger partial charge in [0.2, 0.25) is 0 Å². The van der Waals surface area contributed by atoms with Gasteiger partial charge in [0, 0.05) is 11.1 Å². The van der Waals surface area contributed by atoms with E-state index in [1.807, 2.05) is 30.3 Å². The maximum Gasteiger partial charge on any atom is 0.149 e. The van der Waals surface area contributed by atoms with Gasteiger partial charge in [-0.2, -0.15) is 5.26 Å². The highest BCUT2D eigenvalue weighted by Crippen LogP contribution is 2.23. The van der Waals surface area contributed by atoms with Crippen molar-refractivity contribution in [3.8, 4) is 11.8 Å². The molecule has 1 heterocycles. The molecule has 0 unspecified atom stereocenters. The number of halogens is 1. The van der Waals surface area contributed by atoms with Gasteiger partial charge in [-0.15, -0.1) is 0 Å².